The summed E-state index contributed by atoms with van der Waals surface area (Å²) in [6.45, 7) is 1.48. The molecule has 1 aromatic carbocycles. The number of rotatable bonds is 5. The molecule has 0 spiro atoms. The molecule has 8 heteroatoms. The predicted octanol–water partition coefficient (Wildman–Crippen LogP) is 1.24. The second kappa shape index (κ2) is 5.58. The first-order valence-electron chi connectivity index (χ1n) is 5.16. The zero-order valence-corrected chi connectivity index (χ0v) is 13.0. The summed E-state index contributed by atoms with van der Waals surface area (Å²) in [4.78, 5) is -0.0306. The Hall–Kier alpha value is -0.600. The lowest BCUT2D eigenvalue weighted by atomic mass is 10.3. The van der Waals surface area contributed by atoms with Gasteiger partial charge in [-0.25, -0.2) is 16.8 Å². The Labute approximate surface area is 115 Å². The van der Waals surface area contributed by atoms with Gasteiger partial charge in [0.25, 0.3) is 0 Å². The summed E-state index contributed by atoms with van der Waals surface area (Å²) in [6, 6.07) is 4.39. The summed E-state index contributed by atoms with van der Waals surface area (Å²) < 4.78 is 47.2. The van der Waals surface area contributed by atoms with E-state index in [4.69, 9.17) is 5.73 Å². The van der Waals surface area contributed by atoms with Gasteiger partial charge in [0.2, 0.25) is 0 Å². The zero-order chi connectivity index (χ0) is 14.0. The van der Waals surface area contributed by atoms with Crippen LogP contribution in [0.25, 0.3) is 0 Å². The number of sulfone groups is 2. The molecule has 102 valence electrons. The molecule has 0 fully saturated rings. The average Bonchev–Trinajstić information content (AvgIpc) is 2.26. The van der Waals surface area contributed by atoms with Crippen molar-refractivity contribution in [1.82, 2.24) is 0 Å². The van der Waals surface area contributed by atoms with E-state index in [1.54, 1.807) is 6.07 Å². The van der Waals surface area contributed by atoms with Gasteiger partial charge in [0.1, 0.15) is 0 Å². The van der Waals surface area contributed by atoms with E-state index in [0.717, 1.165) is 0 Å². The maximum absolute atomic E-state index is 12.0. The number of halogens is 1. The van der Waals surface area contributed by atoms with Gasteiger partial charge in [0.15, 0.2) is 19.7 Å². The number of hydrogen-bond acceptors (Lipinski definition) is 5. The van der Waals surface area contributed by atoms with E-state index in [1.807, 2.05) is 0 Å². The monoisotopic (exact) mass is 355 g/mol. The van der Waals surface area contributed by atoms with Crippen LogP contribution in [0, 0.1) is 0 Å². The Morgan fingerprint density at radius 1 is 1.17 bits per heavy atom. The Morgan fingerprint density at radius 2 is 1.78 bits per heavy atom. The van der Waals surface area contributed by atoms with E-state index in [0.29, 0.717) is 4.47 Å². The highest BCUT2D eigenvalue weighted by Gasteiger charge is 2.21. The molecule has 0 radical (unpaired) electrons. The lowest BCUT2D eigenvalue weighted by Gasteiger charge is -2.07. The molecule has 0 saturated carbocycles. The minimum absolute atomic E-state index is 0.0306. The van der Waals surface area contributed by atoms with Crippen molar-refractivity contribution < 1.29 is 16.8 Å². The van der Waals surface area contributed by atoms with E-state index in [9.17, 15) is 16.8 Å². The molecule has 5 nitrogen and oxygen atoms in total. The molecule has 0 amide bonds. The number of nitrogens with two attached hydrogens (primary N) is 1. The standard InChI is InChI=1S/C10H14BrNO4S2/c1-2-17(13,14)5-6-18(15,16)10-4-3-8(11)7-9(10)12/h3-4,7H,2,5-6,12H2,1H3. The highest BCUT2D eigenvalue weighted by atomic mass is 79.9. The molecule has 0 aliphatic rings. The molecule has 1 aromatic rings. The Morgan fingerprint density at radius 3 is 2.28 bits per heavy atom. The van der Waals surface area contributed by atoms with Crippen molar-refractivity contribution in [2.75, 3.05) is 23.0 Å². The van der Waals surface area contributed by atoms with Crippen LogP contribution in [-0.4, -0.2) is 34.1 Å². The van der Waals surface area contributed by atoms with Gasteiger partial charge in [-0.05, 0) is 18.2 Å². The minimum atomic E-state index is -3.68. The van der Waals surface area contributed by atoms with Crippen molar-refractivity contribution in [2.45, 2.75) is 11.8 Å². The zero-order valence-electron chi connectivity index (χ0n) is 9.76. The molecule has 2 N–H and O–H groups in total. The van der Waals surface area contributed by atoms with Crippen molar-refractivity contribution in [3.8, 4) is 0 Å². The summed E-state index contributed by atoms with van der Waals surface area (Å²) in [7, 11) is -6.99. The van der Waals surface area contributed by atoms with Gasteiger partial charge in [0.05, 0.1) is 22.1 Å². The van der Waals surface area contributed by atoms with Crippen molar-refractivity contribution in [2.24, 2.45) is 0 Å². The van der Waals surface area contributed by atoms with Gasteiger partial charge in [0, 0.05) is 10.2 Å². The van der Waals surface area contributed by atoms with Crippen molar-refractivity contribution in [1.29, 1.82) is 0 Å². The molecule has 1 rings (SSSR count). The van der Waals surface area contributed by atoms with Crippen LogP contribution in [0.1, 0.15) is 6.92 Å². The molecular weight excluding hydrogens is 342 g/mol. The highest BCUT2D eigenvalue weighted by molar-refractivity contribution is 9.10. The van der Waals surface area contributed by atoms with Gasteiger partial charge < -0.3 is 5.73 Å². The molecule has 0 aromatic heterocycles. The minimum Gasteiger partial charge on any atom is -0.398 e. The first-order valence-corrected chi connectivity index (χ1v) is 9.43. The lowest BCUT2D eigenvalue weighted by Crippen LogP contribution is -2.19. The van der Waals surface area contributed by atoms with Gasteiger partial charge in [-0.15, -0.1) is 0 Å². The van der Waals surface area contributed by atoms with Crippen molar-refractivity contribution in [3.05, 3.63) is 22.7 Å². The first-order chi connectivity index (χ1) is 8.18. The molecule has 0 heterocycles. The van der Waals surface area contributed by atoms with Gasteiger partial charge in [-0.1, -0.05) is 22.9 Å². The number of nitrogen functional groups attached to an aromatic ring is 1. The molecule has 0 aliphatic carbocycles. The second-order valence-electron chi connectivity index (χ2n) is 3.74. The largest absolute Gasteiger partial charge is 0.398 e. The first kappa shape index (κ1) is 15.5. The van der Waals surface area contributed by atoms with Crippen molar-refractivity contribution in [3.63, 3.8) is 0 Å². The maximum Gasteiger partial charge on any atom is 0.181 e. The Bertz CT molecular complexity index is 638. The van der Waals surface area contributed by atoms with Crippen LogP contribution in [0.4, 0.5) is 5.69 Å². The number of hydrogen-bond donors (Lipinski definition) is 1. The third-order valence-electron chi connectivity index (χ3n) is 2.41. The fourth-order valence-electron chi connectivity index (χ4n) is 1.29. The van der Waals surface area contributed by atoms with E-state index in [-0.39, 0.29) is 22.1 Å². The summed E-state index contributed by atoms with van der Waals surface area (Å²) >= 11 is 3.17. The predicted molar refractivity (Wildman–Crippen MR) is 74.9 cm³/mol. The smallest absolute Gasteiger partial charge is 0.181 e. The fraction of sp³-hybridized carbons (Fsp3) is 0.400. The van der Waals surface area contributed by atoms with Gasteiger partial charge in [-0.3, -0.25) is 0 Å². The van der Waals surface area contributed by atoms with E-state index in [2.05, 4.69) is 15.9 Å². The van der Waals surface area contributed by atoms with Gasteiger partial charge >= 0.3 is 0 Å². The summed E-state index contributed by atoms with van der Waals surface area (Å²) in [5.74, 6) is -0.908. The van der Waals surface area contributed by atoms with Gasteiger partial charge in [-0.2, -0.15) is 0 Å². The van der Waals surface area contributed by atoms with Crippen LogP contribution in [0.5, 0.6) is 0 Å². The third-order valence-corrected chi connectivity index (χ3v) is 6.65. The van der Waals surface area contributed by atoms with E-state index in [1.165, 1.54) is 19.1 Å². The van der Waals surface area contributed by atoms with Crippen LogP contribution >= 0.6 is 15.9 Å². The van der Waals surface area contributed by atoms with Crippen LogP contribution in [0.3, 0.4) is 0 Å². The van der Waals surface area contributed by atoms with E-state index < -0.39 is 25.4 Å². The SMILES string of the molecule is CCS(=O)(=O)CCS(=O)(=O)c1ccc(Br)cc1N. The Kier molecular flexibility index (Phi) is 4.79. The van der Waals surface area contributed by atoms with E-state index >= 15 is 0 Å². The fourth-order valence-corrected chi connectivity index (χ4v) is 4.77. The molecule has 0 bridgehead atoms. The van der Waals surface area contributed by atoms with Crippen LogP contribution in [-0.2, 0) is 19.7 Å². The second-order valence-corrected chi connectivity index (χ2v) is 9.20. The number of anilines is 1. The summed E-state index contributed by atoms with van der Waals surface area (Å²) in [5.41, 5.74) is 5.73. The maximum atomic E-state index is 12.0. The third kappa shape index (κ3) is 3.96. The molecule has 0 atom stereocenters. The molecule has 0 saturated heterocycles. The molecule has 18 heavy (non-hydrogen) atoms. The normalized spacial score (nSPS) is 12.6. The molecular formula is C10H14BrNO4S2. The lowest BCUT2D eigenvalue weighted by molar-refractivity contribution is 0.588. The summed E-state index contributed by atoms with van der Waals surface area (Å²) in [6.07, 6.45) is 0. The topological polar surface area (TPSA) is 94.3 Å². The van der Waals surface area contributed by atoms with Crippen LogP contribution < -0.4 is 5.73 Å². The molecule has 0 unspecified atom stereocenters. The quantitative estimate of drug-likeness (QED) is 0.801. The average molecular weight is 356 g/mol. The van der Waals surface area contributed by atoms with Crippen LogP contribution in [0.15, 0.2) is 27.6 Å². The number of benzene rings is 1. The highest BCUT2D eigenvalue weighted by Crippen LogP contribution is 2.23. The Balaban J connectivity index is 3.01. The van der Waals surface area contributed by atoms with Crippen LogP contribution in [0.2, 0.25) is 0 Å². The molecule has 0 aliphatic heterocycles. The van der Waals surface area contributed by atoms with Crippen molar-refractivity contribution >= 4 is 41.3 Å². The summed E-state index contributed by atoms with van der Waals surface area (Å²) in [5, 5.41) is 0.